The molecule has 1 fully saturated rings. The lowest BCUT2D eigenvalue weighted by Gasteiger charge is -2.05. The second-order valence-corrected chi connectivity index (χ2v) is 4.88. The Balaban J connectivity index is 2.06. The van der Waals surface area contributed by atoms with Crippen LogP contribution in [0.25, 0.3) is 5.69 Å². The van der Waals surface area contributed by atoms with Gasteiger partial charge in [-0.05, 0) is 36.5 Å². The van der Waals surface area contributed by atoms with Gasteiger partial charge in [0.15, 0.2) is 0 Å². The van der Waals surface area contributed by atoms with Gasteiger partial charge in [0.05, 0.1) is 16.2 Å². The van der Waals surface area contributed by atoms with E-state index in [9.17, 15) is 0 Å². The summed E-state index contributed by atoms with van der Waals surface area (Å²) in [6.07, 6.45) is 6.45. The van der Waals surface area contributed by atoms with Crippen molar-refractivity contribution in [3.05, 3.63) is 46.2 Å². The molecule has 0 radical (unpaired) electrons. The van der Waals surface area contributed by atoms with E-state index in [4.69, 9.17) is 23.2 Å². The van der Waals surface area contributed by atoms with Gasteiger partial charge in [0.2, 0.25) is 0 Å². The van der Waals surface area contributed by atoms with Crippen LogP contribution in [-0.2, 0) is 0 Å². The third-order valence-corrected chi connectivity index (χ3v) is 3.43. The average molecular weight is 253 g/mol. The summed E-state index contributed by atoms with van der Waals surface area (Å²) in [4.78, 5) is 0. The monoisotopic (exact) mass is 252 g/mol. The smallest absolute Gasteiger partial charge is 0.102 e. The Morgan fingerprint density at radius 3 is 2.50 bits per heavy atom. The maximum absolute atomic E-state index is 6.12. The molecule has 2 nitrogen and oxygen atoms in total. The molecule has 0 aliphatic heterocycles. The second-order valence-electron chi connectivity index (χ2n) is 4.06. The summed E-state index contributed by atoms with van der Waals surface area (Å²) in [5.74, 6) is 0.690. The predicted octanol–water partition coefficient (Wildman–Crippen LogP) is 4.06. The lowest BCUT2D eigenvalue weighted by Crippen LogP contribution is -1.96. The molecule has 1 aromatic carbocycles. The zero-order valence-electron chi connectivity index (χ0n) is 8.53. The highest BCUT2D eigenvalue weighted by atomic mass is 35.5. The van der Waals surface area contributed by atoms with Crippen molar-refractivity contribution in [3.8, 4) is 5.69 Å². The first-order valence-electron chi connectivity index (χ1n) is 5.24. The number of benzene rings is 1. The fourth-order valence-corrected chi connectivity index (χ4v) is 2.37. The first-order valence-corrected chi connectivity index (χ1v) is 6.00. The molecule has 0 bridgehead atoms. The lowest BCUT2D eigenvalue weighted by atomic mass is 10.2. The Hall–Kier alpha value is -0.990. The van der Waals surface area contributed by atoms with Crippen LogP contribution in [0.5, 0.6) is 0 Å². The molecule has 0 spiro atoms. The van der Waals surface area contributed by atoms with E-state index in [2.05, 4.69) is 5.10 Å². The summed E-state index contributed by atoms with van der Waals surface area (Å²) < 4.78 is 1.76. The maximum atomic E-state index is 6.12. The lowest BCUT2D eigenvalue weighted by molar-refractivity contribution is 0.880. The van der Waals surface area contributed by atoms with E-state index < -0.39 is 0 Å². The SMILES string of the molecule is Clc1cccc(Cl)c1-n1cc(C2CC2)cn1. The van der Waals surface area contributed by atoms with Crippen molar-refractivity contribution in [2.24, 2.45) is 0 Å². The molecule has 0 N–H and O–H groups in total. The first-order chi connectivity index (χ1) is 7.75. The Bertz CT molecular complexity index is 509. The van der Waals surface area contributed by atoms with Crippen molar-refractivity contribution in [1.82, 2.24) is 9.78 Å². The van der Waals surface area contributed by atoms with E-state index in [0.717, 1.165) is 5.69 Å². The molecule has 1 aliphatic rings. The van der Waals surface area contributed by atoms with Gasteiger partial charge in [-0.3, -0.25) is 0 Å². The molecule has 1 heterocycles. The Morgan fingerprint density at radius 1 is 1.19 bits per heavy atom. The van der Waals surface area contributed by atoms with Crippen molar-refractivity contribution in [1.29, 1.82) is 0 Å². The quantitative estimate of drug-likeness (QED) is 0.789. The van der Waals surface area contributed by atoms with Gasteiger partial charge in [0.25, 0.3) is 0 Å². The van der Waals surface area contributed by atoms with Crippen LogP contribution < -0.4 is 0 Å². The zero-order chi connectivity index (χ0) is 11.1. The van der Waals surface area contributed by atoms with E-state index in [1.54, 1.807) is 4.68 Å². The second kappa shape index (κ2) is 3.79. The van der Waals surface area contributed by atoms with Crippen LogP contribution in [0, 0.1) is 0 Å². The van der Waals surface area contributed by atoms with Crippen LogP contribution in [0.15, 0.2) is 30.6 Å². The van der Waals surface area contributed by atoms with Gasteiger partial charge >= 0.3 is 0 Å². The largest absolute Gasteiger partial charge is 0.238 e. The molecule has 0 atom stereocenters. The van der Waals surface area contributed by atoms with Crippen molar-refractivity contribution in [2.75, 3.05) is 0 Å². The minimum atomic E-state index is 0.623. The molecule has 1 aliphatic carbocycles. The van der Waals surface area contributed by atoms with Crippen molar-refractivity contribution >= 4 is 23.2 Å². The van der Waals surface area contributed by atoms with E-state index >= 15 is 0 Å². The number of para-hydroxylation sites is 1. The van der Waals surface area contributed by atoms with E-state index in [0.29, 0.717) is 16.0 Å². The minimum Gasteiger partial charge on any atom is -0.238 e. The van der Waals surface area contributed by atoms with Gasteiger partial charge in [-0.2, -0.15) is 5.10 Å². The third-order valence-electron chi connectivity index (χ3n) is 2.82. The molecule has 1 saturated carbocycles. The molecular weight excluding hydrogens is 243 g/mol. The highest BCUT2D eigenvalue weighted by Gasteiger charge is 2.25. The molecule has 0 saturated heterocycles. The molecule has 2 aromatic rings. The Morgan fingerprint density at radius 2 is 1.88 bits per heavy atom. The van der Waals surface area contributed by atoms with Gasteiger partial charge in [0, 0.05) is 6.20 Å². The van der Waals surface area contributed by atoms with Gasteiger partial charge in [-0.15, -0.1) is 0 Å². The van der Waals surface area contributed by atoms with Crippen LogP contribution >= 0.6 is 23.2 Å². The van der Waals surface area contributed by atoms with Crippen LogP contribution in [0.1, 0.15) is 24.3 Å². The van der Waals surface area contributed by atoms with Crippen LogP contribution in [0.3, 0.4) is 0 Å². The summed E-state index contributed by atoms with van der Waals surface area (Å²) in [6.45, 7) is 0. The fourth-order valence-electron chi connectivity index (χ4n) is 1.79. The van der Waals surface area contributed by atoms with Crippen molar-refractivity contribution < 1.29 is 0 Å². The van der Waals surface area contributed by atoms with E-state index in [-0.39, 0.29) is 0 Å². The number of nitrogens with zero attached hydrogens (tertiary/aromatic N) is 2. The molecule has 16 heavy (non-hydrogen) atoms. The molecular formula is C12H10Cl2N2. The molecule has 82 valence electrons. The van der Waals surface area contributed by atoms with Crippen molar-refractivity contribution in [2.45, 2.75) is 18.8 Å². The minimum absolute atomic E-state index is 0.623. The normalized spacial score (nSPS) is 15.4. The number of rotatable bonds is 2. The topological polar surface area (TPSA) is 17.8 Å². The summed E-state index contributed by atoms with van der Waals surface area (Å²) in [5, 5.41) is 5.56. The highest BCUT2D eigenvalue weighted by Crippen LogP contribution is 2.40. The van der Waals surface area contributed by atoms with Crippen molar-refractivity contribution in [3.63, 3.8) is 0 Å². The molecule has 0 unspecified atom stereocenters. The number of halogens is 2. The summed E-state index contributed by atoms with van der Waals surface area (Å²) in [5.41, 5.74) is 2.04. The van der Waals surface area contributed by atoms with Gasteiger partial charge in [-0.1, -0.05) is 29.3 Å². The summed E-state index contributed by atoms with van der Waals surface area (Å²) in [6, 6.07) is 5.47. The number of hydrogen-bond donors (Lipinski definition) is 0. The fraction of sp³-hybridized carbons (Fsp3) is 0.250. The Labute approximate surface area is 104 Å². The summed E-state index contributed by atoms with van der Waals surface area (Å²) in [7, 11) is 0. The molecule has 3 rings (SSSR count). The standard InChI is InChI=1S/C12H10Cl2N2/c13-10-2-1-3-11(14)12(10)16-7-9(6-15-16)8-4-5-8/h1-3,6-8H,4-5H2. The van der Waals surface area contributed by atoms with Crippen LogP contribution in [0.4, 0.5) is 0 Å². The zero-order valence-corrected chi connectivity index (χ0v) is 10.0. The van der Waals surface area contributed by atoms with Crippen LogP contribution in [-0.4, -0.2) is 9.78 Å². The molecule has 1 aromatic heterocycles. The number of hydrogen-bond acceptors (Lipinski definition) is 1. The molecule has 0 amide bonds. The maximum Gasteiger partial charge on any atom is 0.102 e. The summed E-state index contributed by atoms with van der Waals surface area (Å²) >= 11 is 12.2. The Kier molecular flexibility index (Phi) is 2.41. The molecule has 4 heteroatoms. The average Bonchev–Trinajstić information content (AvgIpc) is 2.99. The van der Waals surface area contributed by atoms with Gasteiger partial charge in [-0.25, -0.2) is 4.68 Å². The van der Waals surface area contributed by atoms with Gasteiger partial charge in [0.1, 0.15) is 5.69 Å². The van der Waals surface area contributed by atoms with Crippen LogP contribution in [0.2, 0.25) is 10.0 Å². The van der Waals surface area contributed by atoms with E-state index in [1.807, 2.05) is 30.6 Å². The number of aromatic nitrogens is 2. The first kappa shape index (κ1) is 10.2. The highest BCUT2D eigenvalue weighted by molar-refractivity contribution is 6.37. The predicted molar refractivity (Wildman–Crippen MR) is 65.6 cm³/mol. The third kappa shape index (κ3) is 1.72. The van der Waals surface area contributed by atoms with E-state index in [1.165, 1.54) is 18.4 Å². The van der Waals surface area contributed by atoms with Gasteiger partial charge < -0.3 is 0 Å².